The number of sulfonamides is 1. The predicted molar refractivity (Wildman–Crippen MR) is 128 cm³/mol. The van der Waals surface area contributed by atoms with Gasteiger partial charge >= 0.3 is 0 Å². The summed E-state index contributed by atoms with van der Waals surface area (Å²) in [5.74, 6) is 6.94. The van der Waals surface area contributed by atoms with Crippen LogP contribution in [0, 0.1) is 11.3 Å². The Morgan fingerprint density at radius 2 is 1.88 bits per heavy atom. The first-order valence-corrected chi connectivity index (χ1v) is 12.8. The second-order valence-corrected chi connectivity index (χ2v) is 10.4. The lowest BCUT2D eigenvalue weighted by Crippen LogP contribution is -2.53. The van der Waals surface area contributed by atoms with E-state index >= 15 is 0 Å². The Kier molecular flexibility index (Phi) is 9.92. The van der Waals surface area contributed by atoms with Crippen molar-refractivity contribution in [1.82, 2.24) is 14.8 Å². The van der Waals surface area contributed by atoms with E-state index in [1.807, 2.05) is 4.90 Å². The van der Waals surface area contributed by atoms with Crippen LogP contribution in [0.3, 0.4) is 0 Å². The molecule has 3 rings (SSSR count). The molecule has 2 saturated heterocycles. The zero-order valence-corrected chi connectivity index (χ0v) is 20.4. The Labute approximate surface area is 203 Å². The van der Waals surface area contributed by atoms with Crippen molar-refractivity contribution >= 4 is 51.7 Å². The summed E-state index contributed by atoms with van der Waals surface area (Å²) in [6, 6.07) is 7.44. The monoisotopic (exact) mass is 517 g/mol. The van der Waals surface area contributed by atoms with Gasteiger partial charge in [-0.25, -0.2) is 18.6 Å². The molecular formula is C19H28ClN7O4S2. The smallest absolute Gasteiger partial charge is 0.239 e. The number of piperidine rings is 1. The van der Waals surface area contributed by atoms with Crippen LogP contribution >= 0.6 is 24.2 Å². The van der Waals surface area contributed by atoms with Crippen molar-refractivity contribution in [3.8, 4) is 6.07 Å². The minimum atomic E-state index is -3.77. The average Bonchev–Trinajstić information content (AvgIpc) is 3.23. The maximum absolute atomic E-state index is 12.5. The van der Waals surface area contributed by atoms with Crippen LogP contribution < -0.4 is 16.3 Å². The van der Waals surface area contributed by atoms with Gasteiger partial charge in [-0.05, 0) is 37.1 Å². The van der Waals surface area contributed by atoms with Crippen LogP contribution in [0.2, 0.25) is 0 Å². The molecule has 0 aromatic heterocycles. The van der Waals surface area contributed by atoms with Gasteiger partial charge in [-0.3, -0.25) is 20.3 Å². The van der Waals surface area contributed by atoms with E-state index in [-0.39, 0.29) is 48.2 Å². The number of rotatable bonds is 7. The Morgan fingerprint density at radius 1 is 1.24 bits per heavy atom. The molecule has 2 aliphatic heterocycles. The van der Waals surface area contributed by atoms with Gasteiger partial charge in [-0.15, -0.1) is 24.2 Å². The van der Waals surface area contributed by atoms with Gasteiger partial charge in [0.15, 0.2) is 0 Å². The van der Waals surface area contributed by atoms with Crippen molar-refractivity contribution < 1.29 is 18.0 Å². The first-order valence-electron chi connectivity index (χ1n) is 10.1. The zero-order valence-electron chi connectivity index (χ0n) is 17.9. The van der Waals surface area contributed by atoms with Gasteiger partial charge in [0.05, 0.1) is 29.9 Å². The summed E-state index contributed by atoms with van der Waals surface area (Å²) in [5.41, 5.74) is 0.486. The third kappa shape index (κ3) is 7.54. The number of nitrogens with two attached hydrogens (primary N) is 2. The predicted octanol–water partition coefficient (Wildman–Crippen LogP) is -0.241. The molecule has 1 atom stereocenters. The highest BCUT2D eigenvalue weighted by Gasteiger charge is 2.31. The summed E-state index contributed by atoms with van der Waals surface area (Å²) >= 11 is 1.56. The molecule has 0 aliphatic carbocycles. The average molecular weight is 518 g/mol. The van der Waals surface area contributed by atoms with Gasteiger partial charge in [0.2, 0.25) is 21.8 Å². The molecule has 1 aromatic carbocycles. The zero-order chi connectivity index (χ0) is 23.3. The first kappa shape index (κ1) is 27.3. The number of likely N-dealkylation sites (tertiary alicyclic amines) is 1. The van der Waals surface area contributed by atoms with Crippen molar-refractivity contribution in [2.45, 2.75) is 29.8 Å². The summed E-state index contributed by atoms with van der Waals surface area (Å²) in [5, 5.41) is 18.5. The minimum Gasteiger partial charge on any atom is -0.325 e. The standard InChI is InChI=1S/C19H27N7O4S2.ClH/c20-9-16-12-31-13-25(16)19(28)11-26(21)15-5-7-24(8-6-15)10-18(27)23-14-1-3-17(4-2-14)32(22,29)30;/h1-4,15-16H,5-8,10-13,21H2,(H,23,27)(H2,22,29,30);1H/t16-;/m1./s1. The van der Waals surface area contributed by atoms with Crippen molar-refractivity contribution in [2.24, 2.45) is 11.0 Å². The number of hydrogen-bond donors (Lipinski definition) is 3. The third-order valence-electron chi connectivity index (χ3n) is 5.53. The number of hydrogen-bond acceptors (Lipinski definition) is 9. The molecule has 0 bridgehead atoms. The Balaban J connectivity index is 0.00000385. The molecule has 11 nitrogen and oxygen atoms in total. The van der Waals surface area contributed by atoms with Gasteiger partial charge in [-0.2, -0.15) is 5.26 Å². The summed E-state index contributed by atoms with van der Waals surface area (Å²) in [6.45, 7) is 1.58. The number of amides is 2. The largest absolute Gasteiger partial charge is 0.325 e. The van der Waals surface area contributed by atoms with Crippen LogP contribution in [-0.2, 0) is 19.6 Å². The number of carbonyl (C=O) groups is 2. The van der Waals surface area contributed by atoms with E-state index in [4.69, 9.17) is 16.2 Å². The third-order valence-corrected chi connectivity index (χ3v) is 7.47. The number of primary sulfonamides is 1. The molecule has 2 aliphatic rings. The number of hydrazine groups is 1. The molecule has 1 aromatic rings. The fourth-order valence-electron chi connectivity index (χ4n) is 3.71. The lowest BCUT2D eigenvalue weighted by molar-refractivity contribution is -0.132. The molecule has 0 unspecified atom stereocenters. The van der Waals surface area contributed by atoms with Crippen LogP contribution in [0.25, 0.3) is 0 Å². The van der Waals surface area contributed by atoms with Gasteiger partial charge in [0, 0.05) is 30.6 Å². The van der Waals surface area contributed by atoms with E-state index < -0.39 is 16.1 Å². The SMILES string of the molecule is Cl.N#C[C@@H]1CSCN1C(=O)CN(N)C1CCN(CC(=O)Nc2ccc(S(N)(=O)=O)cc2)CC1. The van der Waals surface area contributed by atoms with E-state index in [9.17, 15) is 18.0 Å². The highest BCUT2D eigenvalue weighted by Crippen LogP contribution is 2.21. The maximum Gasteiger partial charge on any atom is 0.239 e. The number of nitriles is 1. The number of nitrogens with zero attached hydrogens (tertiary/aromatic N) is 4. The van der Waals surface area contributed by atoms with Crippen LogP contribution in [0.15, 0.2) is 29.2 Å². The minimum absolute atomic E-state index is 0. The quantitative estimate of drug-likeness (QED) is 0.326. The van der Waals surface area contributed by atoms with E-state index in [2.05, 4.69) is 11.4 Å². The van der Waals surface area contributed by atoms with Gasteiger partial charge < -0.3 is 10.2 Å². The van der Waals surface area contributed by atoms with Gasteiger partial charge in [0.25, 0.3) is 0 Å². The molecule has 5 N–H and O–H groups in total. The lowest BCUT2D eigenvalue weighted by Gasteiger charge is -2.36. The molecule has 2 fully saturated rings. The second kappa shape index (κ2) is 12.0. The number of halogens is 1. The number of carbonyl (C=O) groups excluding carboxylic acids is 2. The van der Waals surface area contributed by atoms with E-state index in [0.29, 0.717) is 30.4 Å². The van der Waals surface area contributed by atoms with E-state index in [1.165, 1.54) is 24.3 Å². The summed E-state index contributed by atoms with van der Waals surface area (Å²) in [4.78, 5) is 28.3. The fourth-order valence-corrected chi connectivity index (χ4v) is 5.33. The van der Waals surface area contributed by atoms with Crippen LogP contribution in [0.5, 0.6) is 0 Å². The Bertz CT molecular complexity index is 979. The topological polar surface area (TPSA) is 166 Å². The van der Waals surface area contributed by atoms with Crippen LogP contribution in [-0.4, -0.2) is 84.9 Å². The lowest BCUT2D eigenvalue weighted by atomic mass is 10.0. The second-order valence-electron chi connectivity index (χ2n) is 7.81. The molecule has 0 spiro atoms. The van der Waals surface area contributed by atoms with E-state index in [0.717, 1.165) is 12.8 Å². The maximum atomic E-state index is 12.5. The molecule has 2 amide bonds. The first-order chi connectivity index (χ1) is 15.2. The van der Waals surface area contributed by atoms with Gasteiger partial charge in [0.1, 0.15) is 6.04 Å². The van der Waals surface area contributed by atoms with Crippen molar-refractivity contribution in [1.29, 1.82) is 5.26 Å². The number of benzene rings is 1. The molecule has 33 heavy (non-hydrogen) atoms. The molecular weight excluding hydrogens is 490 g/mol. The van der Waals surface area contributed by atoms with Crippen molar-refractivity contribution in [3.05, 3.63) is 24.3 Å². The van der Waals surface area contributed by atoms with E-state index in [1.54, 1.807) is 21.7 Å². The molecule has 2 heterocycles. The molecule has 182 valence electrons. The fraction of sp³-hybridized carbons (Fsp3) is 0.526. The highest BCUT2D eigenvalue weighted by molar-refractivity contribution is 7.99. The number of anilines is 1. The van der Waals surface area contributed by atoms with Crippen LogP contribution in [0.1, 0.15) is 12.8 Å². The molecule has 0 saturated carbocycles. The summed E-state index contributed by atoms with van der Waals surface area (Å²) < 4.78 is 22.6. The van der Waals surface area contributed by atoms with Crippen molar-refractivity contribution in [3.63, 3.8) is 0 Å². The van der Waals surface area contributed by atoms with Crippen LogP contribution in [0.4, 0.5) is 5.69 Å². The highest BCUT2D eigenvalue weighted by atomic mass is 35.5. The Hall–Kier alpha value is -1.92. The Morgan fingerprint density at radius 3 is 2.45 bits per heavy atom. The number of thioether (sulfide) groups is 1. The summed E-state index contributed by atoms with van der Waals surface area (Å²) in [7, 11) is -3.77. The molecule has 0 radical (unpaired) electrons. The molecule has 14 heteroatoms. The normalized spacial score (nSPS) is 19.7. The van der Waals surface area contributed by atoms with Crippen molar-refractivity contribution in [2.75, 3.05) is 43.1 Å². The summed E-state index contributed by atoms with van der Waals surface area (Å²) in [6.07, 6.45) is 1.44. The van der Waals surface area contributed by atoms with Gasteiger partial charge in [-0.1, -0.05) is 0 Å². The number of nitrogens with one attached hydrogen (secondary N) is 1.